The zero-order valence-corrected chi connectivity index (χ0v) is 12.3. The van der Waals surface area contributed by atoms with Crippen molar-refractivity contribution in [1.29, 1.82) is 0 Å². The molecule has 0 aliphatic carbocycles. The van der Waals surface area contributed by atoms with Crippen LogP contribution >= 0.6 is 0 Å². The normalized spacial score (nSPS) is 18.2. The van der Waals surface area contributed by atoms with Crippen LogP contribution in [0.15, 0.2) is 4.52 Å². The highest BCUT2D eigenvalue weighted by molar-refractivity contribution is 5.73. The molecule has 1 aromatic heterocycles. The van der Waals surface area contributed by atoms with Crippen molar-refractivity contribution in [2.75, 3.05) is 13.1 Å². The van der Waals surface area contributed by atoms with E-state index < -0.39 is 5.54 Å². The minimum Gasteiger partial charge on any atom is -0.354 e. The van der Waals surface area contributed by atoms with Gasteiger partial charge in [0.15, 0.2) is 5.82 Å². The van der Waals surface area contributed by atoms with Gasteiger partial charge in [-0.1, -0.05) is 5.16 Å². The summed E-state index contributed by atoms with van der Waals surface area (Å²) >= 11 is 0. The average molecular weight is 281 g/mol. The number of amides is 1. The monoisotopic (exact) mass is 281 g/mol. The number of carbonyl (C=O) groups is 1. The number of carbonyl (C=O) groups excluding carboxylic acids is 1. The minimum atomic E-state index is -0.583. The first-order valence-corrected chi connectivity index (χ1v) is 6.96. The molecule has 20 heavy (non-hydrogen) atoms. The molecule has 0 atom stereocenters. The van der Waals surface area contributed by atoms with E-state index in [1.807, 2.05) is 13.8 Å². The number of nitrogens with zero attached hydrogens (tertiary/aromatic N) is 3. The van der Waals surface area contributed by atoms with Crippen LogP contribution in [-0.4, -0.2) is 40.1 Å². The van der Waals surface area contributed by atoms with Crippen LogP contribution < -0.4 is 11.1 Å². The Labute approximate surface area is 118 Å². The number of nitrogens with one attached hydrogen (secondary N) is 1. The second-order valence-corrected chi connectivity index (χ2v) is 5.98. The van der Waals surface area contributed by atoms with Crippen molar-refractivity contribution < 1.29 is 9.32 Å². The van der Waals surface area contributed by atoms with Gasteiger partial charge in [0.1, 0.15) is 0 Å². The topological polar surface area (TPSA) is 97.3 Å². The van der Waals surface area contributed by atoms with Gasteiger partial charge in [-0.15, -0.1) is 0 Å². The van der Waals surface area contributed by atoms with Crippen molar-refractivity contribution in [3.8, 4) is 0 Å². The predicted octanol–water partition coefficient (Wildman–Crippen LogP) is 0.364. The van der Waals surface area contributed by atoms with Crippen LogP contribution in [-0.2, 0) is 16.9 Å². The molecule has 0 saturated carbocycles. The van der Waals surface area contributed by atoms with Crippen molar-refractivity contribution in [2.45, 2.75) is 51.7 Å². The van der Waals surface area contributed by atoms with Crippen LogP contribution in [0.2, 0.25) is 0 Å². The van der Waals surface area contributed by atoms with Crippen LogP contribution in [0.5, 0.6) is 0 Å². The average Bonchev–Trinajstić information content (AvgIpc) is 2.79. The molecule has 1 aromatic rings. The van der Waals surface area contributed by atoms with Crippen LogP contribution in [0.25, 0.3) is 0 Å². The molecular weight excluding hydrogens is 258 g/mol. The Balaban J connectivity index is 1.84. The van der Waals surface area contributed by atoms with E-state index in [2.05, 4.69) is 20.4 Å². The Kier molecular flexibility index (Phi) is 4.39. The molecule has 0 unspecified atom stereocenters. The first-order chi connectivity index (χ1) is 9.34. The van der Waals surface area contributed by atoms with Crippen LogP contribution in [0, 0.1) is 0 Å². The molecule has 7 nitrogen and oxygen atoms in total. The van der Waals surface area contributed by atoms with Crippen molar-refractivity contribution in [3.63, 3.8) is 0 Å². The fourth-order valence-electron chi connectivity index (χ4n) is 2.29. The Morgan fingerprint density at radius 2 is 2.15 bits per heavy atom. The zero-order valence-electron chi connectivity index (χ0n) is 12.3. The summed E-state index contributed by atoms with van der Waals surface area (Å²) in [7, 11) is 0. The molecule has 0 radical (unpaired) electrons. The molecule has 1 saturated heterocycles. The lowest BCUT2D eigenvalue weighted by Gasteiger charge is -2.31. The van der Waals surface area contributed by atoms with Gasteiger partial charge in [-0.3, -0.25) is 9.69 Å². The van der Waals surface area contributed by atoms with Gasteiger partial charge in [0.05, 0.1) is 12.1 Å². The fourth-order valence-corrected chi connectivity index (χ4v) is 2.29. The van der Waals surface area contributed by atoms with Crippen molar-refractivity contribution >= 4 is 5.91 Å². The summed E-state index contributed by atoms with van der Waals surface area (Å²) in [5.41, 5.74) is 5.35. The molecule has 1 aliphatic rings. The number of hydrogen-bond donors (Lipinski definition) is 2. The van der Waals surface area contributed by atoms with Gasteiger partial charge in [0, 0.05) is 26.1 Å². The molecule has 3 N–H and O–H groups in total. The van der Waals surface area contributed by atoms with Crippen molar-refractivity contribution in [3.05, 3.63) is 11.7 Å². The number of aromatic nitrogens is 2. The molecule has 1 fully saturated rings. The van der Waals surface area contributed by atoms with E-state index in [0.717, 1.165) is 25.9 Å². The van der Waals surface area contributed by atoms with E-state index in [4.69, 9.17) is 10.3 Å². The van der Waals surface area contributed by atoms with Gasteiger partial charge in [0.2, 0.25) is 11.8 Å². The standard InChI is InChI=1S/C13H23N5O2/c1-9(19)15-10-4-6-18(7-5-10)8-11-16-12(17-20-11)13(2,3)14/h10H,4-8,14H2,1-3H3,(H,15,19). The van der Waals surface area contributed by atoms with Gasteiger partial charge in [0.25, 0.3) is 0 Å². The van der Waals surface area contributed by atoms with E-state index in [-0.39, 0.29) is 11.9 Å². The Hall–Kier alpha value is -1.47. The van der Waals surface area contributed by atoms with Gasteiger partial charge in [-0.25, -0.2) is 0 Å². The van der Waals surface area contributed by atoms with Gasteiger partial charge in [-0.05, 0) is 26.7 Å². The largest absolute Gasteiger partial charge is 0.354 e. The third kappa shape index (κ3) is 4.01. The van der Waals surface area contributed by atoms with Crippen LogP contribution in [0.4, 0.5) is 0 Å². The lowest BCUT2D eigenvalue weighted by molar-refractivity contribution is -0.120. The summed E-state index contributed by atoms with van der Waals surface area (Å²) in [6, 6.07) is 0.282. The maximum Gasteiger partial charge on any atom is 0.240 e. The van der Waals surface area contributed by atoms with E-state index in [1.54, 1.807) is 6.92 Å². The Bertz CT molecular complexity index is 458. The fraction of sp³-hybridized carbons (Fsp3) is 0.769. The SMILES string of the molecule is CC(=O)NC1CCN(Cc2nc(C(C)(C)N)no2)CC1. The molecule has 0 aromatic carbocycles. The summed E-state index contributed by atoms with van der Waals surface area (Å²) in [5, 5.41) is 6.87. The first kappa shape index (κ1) is 14.9. The van der Waals surface area contributed by atoms with Gasteiger partial charge < -0.3 is 15.6 Å². The summed E-state index contributed by atoms with van der Waals surface area (Å²) in [6.07, 6.45) is 1.89. The lowest BCUT2D eigenvalue weighted by Crippen LogP contribution is -2.43. The number of rotatable bonds is 4. The van der Waals surface area contributed by atoms with Crippen LogP contribution in [0.3, 0.4) is 0 Å². The molecule has 7 heteroatoms. The second-order valence-electron chi connectivity index (χ2n) is 5.98. The maximum absolute atomic E-state index is 11.0. The minimum absolute atomic E-state index is 0.0372. The maximum atomic E-state index is 11.0. The molecule has 0 spiro atoms. The number of hydrogen-bond acceptors (Lipinski definition) is 6. The number of piperidine rings is 1. The summed E-state index contributed by atoms with van der Waals surface area (Å²) in [6.45, 7) is 7.71. The van der Waals surface area contributed by atoms with E-state index in [9.17, 15) is 4.79 Å². The molecular formula is C13H23N5O2. The molecule has 0 bridgehead atoms. The first-order valence-electron chi connectivity index (χ1n) is 6.96. The molecule has 1 amide bonds. The van der Waals surface area contributed by atoms with Crippen molar-refractivity contribution in [1.82, 2.24) is 20.4 Å². The highest BCUT2D eigenvalue weighted by Crippen LogP contribution is 2.16. The van der Waals surface area contributed by atoms with E-state index in [1.165, 1.54) is 0 Å². The highest BCUT2D eigenvalue weighted by atomic mass is 16.5. The number of nitrogens with two attached hydrogens (primary N) is 1. The third-order valence-corrected chi connectivity index (χ3v) is 3.40. The molecule has 112 valence electrons. The zero-order chi connectivity index (χ0) is 14.8. The molecule has 2 heterocycles. The highest BCUT2D eigenvalue weighted by Gasteiger charge is 2.24. The summed E-state index contributed by atoms with van der Waals surface area (Å²) in [4.78, 5) is 17.6. The third-order valence-electron chi connectivity index (χ3n) is 3.40. The van der Waals surface area contributed by atoms with E-state index in [0.29, 0.717) is 18.3 Å². The van der Waals surface area contributed by atoms with Gasteiger partial charge >= 0.3 is 0 Å². The lowest BCUT2D eigenvalue weighted by atomic mass is 10.1. The second kappa shape index (κ2) is 5.88. The van der Waals surface area contributed by atoms with Crippen LogP contribution in [0.1, 0.15) is 45.3 Å². The Morgan fingerprint density at radius 1 is 1.50 bits per heavy atom. The van der Waals surface area contributed by atoms with E-state index >= 15 is 0 Å². The summed E-state index contributed by atoms with van der Waals surface area (Å²) in [5.74, 6) is 1.16. The smallest absolute Gasteiger partial charge is 0.240 e. The molecule has 1 aliphatic heterocycles. The predicted molar refractivity (Wildman–Crippen MR) is 73.6 cm³/mol. The van der Waals surface area contributed by atoms with Gasteiger partial charge in [-0.2, -0.15) is 4.98 Å². The Morgan fingerprint density at radius 3 is 2.65 bits per heavy atom. The van der Waals surface area contributed by atoms with Crippen molar-refractivity contribution in [2.24, 2.45) is 5.73 Å². The quantitative estimate of drug-likeness (QED) is 0.827. The molecule has 2 rings (SSSR count). The number of likely N-dealkylation sites (tertiary alicyclic amines) is 1. The summed E-state index contributed by atoms with van der Waals surface area (Å²) < 4.78 is 5.23.